The molecule has 0 heterocycles. The molecule has 0 aliphatic rings. The van der Waals surface area contributed by atoms with E-state index in [1.54, 1.807) is 6.07 Å². The molecule has 84 valence electrons. The van der Waals surface area contributed by atoms with Crippen LogP contribution in [0.15, 0.2) is 18.2 Å². The molecule has 1 atom stereocenters. The van der Waals surface area contributed by atoms with E-state index in [0.29, 0.717) is 0 Å². The Balaban J connectivity index is 2.73. The topological polar surface area (TPSA) is 35.2 Å². The van der Waals surface area contributed by atoms with E-state index >= 15 is 0 Å². The summed E-state index contributed by atoms with van der Waals surface area (Å²) in [5.74, 6) is -0.0802. The van der Waals surface area contributed by atoms with Gasteiger partial charge in [0.05, 0.1) is 7.11 Å². The number of hydrogen-bond acceptors (Lipinski definition) is 2. The van der Waals surface area contributed by atoms with Crippen molar-refractivity contribution >= 4 is 0 Å². The zero-order chi connectivity index (χ0) is 11.3. The van der Waals surface area contributed by atoms with Crippen LogP contribution >= 0.6 is 0 Å². The average Bonchev–Trinajstić information content (AvgIpc) is 2.25. The van der Waals surface area contributed by atoms with E-state index in [4.69, 9.17) is 10.5 Å². The zero-order valence-corrected chi connectivity index (χ0v) is 9.29. The third-order valence-electron chi connectivity index (χ3n) is 2.47. The zero-order valence-electron chi connectivity index (χ0n) is 9.29. The first-order valence-electron chi connectivity index (χ1n) is 5.28. The van der Waals surface area contributed by atoms with Crippen molar-refractivity contribution in [1.29, 1.82) is 0 Å². The largest absolute Gasteiger partial charge is 0.494 e. The van der Waals surface area contributed by atoms with E-state index in [1.807, 2.05) is 6.07 Å². The molecule has 0 fully saturated rings. The smallest absolute Gasteiger partial charge is 0.165 e. The summed E-state index contributed by atoms with van der Waals surface area (Å²) in [5.41, 5.74) is 6.77. The monoisotopic (exact) mass is 211 g/mol. The van der Waals surface area contributed by atoms with Crippen LogP contribution in [-0.4, -0.2) is 7.11 Å². The Morgan fingerprint density at radius 2 is 2.20 bits per heavy atom. The molecule has 1 rings (SSSR count). The Kier molecular flexibility index (Phi) is 4.56. The summed E-state index contributed by atoms with van der Waals surface area (Å²) in [6.45, 7) is 2.11. The minimum Gasteiger partial charge on any atom is -0.494 e. The molecule has 0 aliphatic heterocycles. The van der Waals surface area contributed by atoms with Gasteiger partial charge < -0.3 is 10.5 Å². The molecule has 0 saturated heterocycles. The van der Waals surface area contributed by atoms with Gasteiger partial charge in [-0.25, -0.2) is 4.39 Å². The van der Waals surface area contributed by atoms with Gasteiger partial charge in [-0.15, -0.1) is 0 Å². The van der Waals surface area contributed by atoms with Crippen molar-refractivity contribution in [2.45, 2.75) is 32.2 Å². The lowest BCUT2D eigenvalue weighted by Gasteiger charge is -2.12. The van der Waals surface area contributed by atoms with Crippen molar-refractivity contribution in [3.8, 4) is 5.75 Å². The summed E-state index contributed by atoms with van der Waals surface area (Å²) in [4.78, 5) is 0. The van der Waals surface area contributed by atoms with E-state index in [2.05, 4.69) is 6.92 Å². The van der Waals surface area contributed by atoms with Crippen molar-refractivity contribution in [2.24, 2.45) is 5.73 Å². The van der Waals surface area contributed by atoms with Crippen LogP contribution in [0.3, 0.4) is 0 Å². The van der Waals surface area contributed by atoms with Crippen LogP contribution in [0.4, 0.5) is 4.39 Å². The van der Waals surface area contributed by atoms with E-state index in [9.17, 15) is 4.39 Å². The van der Waals surface area contributed by atoms with Crippen molar-refractivity contribution in [3.05, 3.63) is 29.6 Å². The first-order valence-corrected chi connectivity index (χ1v) is 5.28. The second-order valence-corrected chi connectivity index (χ2v) is 3.64. The fraction of sp³-hybridized carbons (Fsp3) is 0.500. The van der Waals surface area contributed by atoms with Gasteiger partial charge in [0, 0.05) is 6.04 Å². The number of ether oxygens (including phenoxy) is 1. The molecule has 0 saturated carbocycles. The van der Waals surface area contributed by atoms with Gasteiger partial charge in [-0.3, -0.25) is 0 Å². The number of halogens is 1. The van der Waals surface area contributed by atoms with Crippen LogP contribution < -0.4 is 10.5 Å². The highest BCUT2D eigenvalue weighted by Crippen LogP contribution is 2.23. The van der Waals surface area contributed by atoms with Gasteiger partial charge in [-0.05, 0) is 24.1 Å². The van der Waals surface area contributed by atoms with E-state index in [-0.39, 0.29) is 17.6 Å². The Morgan fingerprint density at radius 3 is 2.73 bits per heavy atom. The highest BCUT2D eigenvalue weighted by molar-refractivity contribution is 5.30. The van der Waals surface area contributed by atoms with Gasteiger partial charge in [0.25, 0.3) is 0 Å². The summed E-state index contributed by atoms with van der Waals surface area (Å²) < 4.78 is 18.2. The van der Waals surface area contributed by atoms with Crippen molar-refractivity contribution in [2.75, 3.05) is 7.11 Å². The van der Waals surface area contributed by atoms with E-state index in [0.717, 1.165) is 24.8 Å². The molecule has 0 aliphatic carbocycles. The quantitative estimate of drug-likeness (QED) is 0.812. The number of unbranched alkanes of at least 4 members (excludes halogenated alkanes) is 1. The van der Waals surface area contributed by atoms with Gasteiger partial charge in [0.2, 0.25) is 0 Å². The molecule has 1 aromatic rings. The van der Waals surface area contributed by atoms with Crippen molar-refractivity contribution in [3.63, 3.8) is 0 Å². The molecule has 0 aromatic heterocycles. The maximum atomic E-state index is 13.4. The molecular formula is C12H18FNO. The Morgan fingerprint density at radius 1 is 1.47 bits per heavy atom. The van der Waals surface area contributed by atoms with Crippen LogP contribution in [-0.2, 0) is 0 Å². The van der Waals surface area contributed by atoms with Gasteiger partial charge >= 0.3 is 0 Å². The first-order chi connectivity index (χ1) is 7.19. The number of methoxy groups -OCH3 is 1. The Labute approximate surface area is 90.2 Å². The molecule has 0 spiro atoms. The van der Waals surface area contributed by atoms with Crippen LogP contribution in [0.5, 0.6) is 5.75 Å². The number of rotatable bonds is 5. The van der Waals surface area contributed by atoms with Crippen molar-refractivity contribution < 1.29 is 9.13 Å². The second kappa shape index (κ2) is 5.71. The second-order valence-electron chi connectivity index (χ2n) is 3.64. The minimum atomic E-state index is -0.345. The molecule has 15 heavy (non-hydrogen) atoms. The lowest BCUT2D eigenvalue weighted by atomic mass is 10.0. The van der Waals surface area contributed by atoms with E-state index in [1.165, 1.54) is 13.2 Å². The molecule has 2 nitrogen and oxygen atoms in total. The fourth-order valence-electron chi connectivity index (χ4n) is 1.50. The highest BCUT2D eigenvalue weighted by Gasteiger charge is 2.09. The van der Waals surface area contributed by atoms with Crippen molar-refractivity contribution in [1.82, 2.24) is 0 Å². The minimum absolute atomic E-state index is 0.0784. The number of hydrogen-bond donors (Lipinski definition) is 1. The normalized spacial score (nSPS) is 12.5. The third-order valence-corrected chi connectivity index (χ3v) is 2.47. The molecule has 2 N–H and O–H groups in total. The third kappa shape index (κ3) is 3.20. The average molecular weight is 211 g/mol. The van der Waals surface area contributed by atoms with Crippen LogP contribution in [0, 0.1) is 5.82 Å². The maximum Gasteiger partial charge on any atom is 0.165 e. The predicted molar refractivity (Wildman–Crippen MR) is 59.4 cm³/mol. The SMILES string of the molecule is CCCC[C@H](N)c1ccc(OC)c(F)c1. The summed E-state index contributed by atoms with van der Waals surface area (Å²) in [6.07, 6.45) is 3.06. The molecule has 0 radical (unpaired) electrons. The molecule has 0 bridgehead atoms. The van der Waals surface area contributed by atoms with Crippen LogP contribution in [0.2, 0.25) is 0 Å². The van der Waals surface area contributed by atoms with Gasteiger partial charge in [0.1, 0.15) is 0 Å². The van der Waals surface area contributed by atoms with Gasteiger partial charge in [-0.1, -0.05) is 25.8 Å². The summed E-state index contributed by atoms with van der Waals surface area (Å²) >= 11 is 0. The fourth-order valence-corrected chi connectivity index (χ4v) is 1.50. The molecule has 0 amide bonds. The predicted octanol–water partition coefficient (Wildman–Crippen LogP) is 3.02. The highest BCUT2D eigenvalue weighted by atomic mass is 19.1. The Bertz CT molecular complexity index is 314. The standard InChI is InChI=1S/C12H18FNO/c1-3-4-5-11(14)9-6-7-12(15-2)10(13)8-9/h6-8,11H,3-5,14H2,1-2H3/t11-/m0/s1. The number of nitrogens with two attached hydrogens (primary N) is 1. The Hall–Kier alpha value is -1.09. The van der Waals surface area contributed by atoms with Crippen LogP contribution in [0.25, 0.3) is 0 Å². The molecule has 3 heteroatoms. The lowest BCUT2D eigenvalue weighted by Crippen LogP contribution is -2.10. The van der Waals surface area contributed by atoms with Gasteiger partial charge in [-0.2, -0.15) is 0 Å². The summed E-state index contributed by atoms with van der Waals surface area (Å²) in [7, 11) is 1.45. The lowest BCUT2D eigenvalue weighted by molar-refractivity contribution is 0.385. The van der Waals surface area contributed by atoms with E-state index < -0.39 is 0 Å². The summed E-state index contributed by atoms with van der Waals surface area (Å²) in [5, 5.41) is 0. The summed E-state index contributed by atoms with van der Waals surface area (Å²) in [6, 6.07) is 4.82. The molecular weight excluding hydrogens is 193 g/mol. The molecule has 0 unspecified atom stereocenters. The first kappa shape index (κ1) is 12.0. The van der Waals surface area contributed by atoms with Gasteiger partial charge in [0.15, 0.2) is 11.6 Å². The molecule has 1 aromatic carbocycles. The maximum absolute atomic E-state index is 13.4. The number of benzene rings is 1. The van der Waals surface area contributed by atoms with Crippen LogP contribution in [0.1, 0.15) is 37.8 Å².